The zero-order valence-electron chi connectivity index (χ0n) is 10.5. The van der Waals surface area contributed by atoms with Crippen molar-refractivity contribution in [2.75, 3.05) is 0 Å². The van der Waals surface area contributed by atoms with Crippen LogP contribution >= 0.6 is 15.9 Å². The second-order valence-corrected chi connectivity index (χ2v) is 5.39. The molecule has 2 N–H and O–H groups in total. The molecule has 19 heavy (non-hydrogen) atoms. The molecule has 0 bridgehead atoms. The molecule has 0 aliphatic rings. The Morgan fingerprint density at radius 1 is 1.21 bits per heavy atom. The first-order chi connectivity index (χ1) is 9.04. The Bertz CT molecular complexity index is 536. The third-order valence-corrected chi connectivity index (χ3v) is 3.45. The summed E-state index contributed by atoms with van der Waals surface area (Å²) in [6.07, 6.45) is 0. The minimum atomic E-state index is -0.423. The molecule has 0 unspecified atom stereocenters. The molecule has 1 atom stereocenters. The van der Waals surface area contributed by atoms with Crippen LogP contribution in [0.3, 0.4) is 0 Å². The molecule has 0 aromatic heterocycles. The molecule has 0 saturated carbocycles. The average Bonchev–Trinajstić information content (AvgIpc) is 2.36. The summed E-state index contributed by atoms with van der Waals surface area (Å²) in [6.45, 7) is 2.55. The lowest BCUT2D eigenvalue weighted by atomic mass is 10.1. The lowest BCUT2D eigenvalue weighted by Gasteiger charge is -2.14. The van der Waals surface area contributed by atoms with Crippen LogP contribution in [0, 0.1) is 5.82 Å². The number of halogens is 2. The molecule has 0 amide bonds. The molecule has 0 fully saturated rings. The molecule has 0 heterocycles. The molecule has 0 aliphatic carbocycles. The minimum Gasteiger partial charge on any atom is -0.508 e. The van der Waals surface area contributed by atoms with Crippen LogP contribution in [-0.2, 0) is 6.54 Å². The van der Waals surface area contributed by atoms with Crippen LogP contribution in [0.1, 0.15) is 24.1 Å². The van der Waals surface area contributed by atoms with E-state index in [9.17, 15) is 9.50 Å². The fourth-order valence-electron chi connectivity index (χ4n) is 1.88. The molecule has 0 saturated heterocycles. The van der Waals surface area contributed by atoms with Gasteiger partial charge in [0.25, 0.3) is 0 Å². The van der Waals surface area contributed by atoms with E-state index in [-0.39, 0.29) is 11.8 Å². The SMILES string of the molecule is C[C@H](NCc1cc(O)cc(F)c1)c1ccc(Br)cc1. The Morgan fingerprint density at radius 2 is 1.89 bits per heavy atom. The van der Waals surface area contributed by atoms with Gasteiger partial charge in [-0.3, -0.25) is 0 Å². The largest absolute Gasteiger partial charge is 0.508 e. The summed E-state index contributed by atoms with van der Waals surface area (Å²) in [7, 11) is 0. The van der Waals surface area contributed by atoms with E-state index in [0.717, 1.165) is 21.7 Å². The van der Waals surface area contributed by atoms with Crippen molar-refractivity contribution in [2.45, 2.75) is 19.5 Å². The molecule has 2 aromatic carbocycles. The summed E-state index contributed by atoms with van der Waals surface area (Å²) in [5, 5.41) is 12.6. The lowest BCUT2D eigenvalue weighted by molar-refractivity contribution is 0.466. The van der Waals surface area contributed by atoms with Gasteiger partial charge in [-0.15, -0.1) is 0 Å². The number of nitrogens with one attached hydrogen (secondary N) is 1. The fraction of sp³-hybridized carbons (Fsp3) is 0.200. The molecular weight excluding hydrogens is 309 g/mol. The van der Waals surface area contributed by atoms with Gasteiger partial charge in [0.05, 0.1) is 0 Å². The first-order valence-electron chi connectivity index (χ1n) is 6.02. The van der Waals surface area contributed by atoms with Crippen LogP contribution < -0.4 is 5.32 Å². The highest BCUT2D eigenvalue weighted by Gasteiger charge is 2.06. The lowest BCUT2D eigenvalue weighted by Crippen LogP contribution is -2.18. The Balaban J connectivity index is 1.99. The van der Waals surface area contributed by atoms with Gasteiger partial charge in [0.2, 0.25) is 0 Å². The van der Waals surface area contributed by atoms with Crippen molar-refractivity contribution in [2.24, 2.45) is 0 Å². The molecule has 2 aromatic rings. The number of phenolic OH excluding ortho intramolecular Hbond substituents is 1. The monoisotopic (exact) mass is 323 g/mol. The van der Waals surface area contributed by atoms with Gasteiger partial charge in [-0.1, -0.05) is 28.1 Å². The maximum Gasteiger partial charge on any atom is 0.127 e. The van der Waals surface area contributed by atoms with Crippen LogP contribution in [0.25, 0.3) is 0 Å². The van der Waals surface area contributed by atoms with Gasteiger partial charge in [-0.2, -0.15) is 0 Å². The van der Waals surface area contributed by atoms with Crippen LogP contribution in [0.4, 0.5) is 4.39 Å². The van der Waals surface area contributed by atoms with E-state index in [1.807, 2.05) is 31.2 Å². The predicted molar refractivity (Wildman–Crippen MR) is 77.5 cm³/mol. The van der Waals surface area contributed by atoms with Gasteiger partial charge in [0.15, 0.2) is 0 Å². The van der Waals surface area contributed by atoms with E-state index < -0.39 is 5.82 Å². The smallest absolute Gasteiger partial charge is 0.127 e. The highest BCUT2D eigenvalue weighted by atomic mass is 79.9. The number of benzene rings is 2. The third kappa shape index (κ3) is 4.04. The Kier molecular flexibility index (Phi) is 4.56. The first-order valence-corrected chi connectivity index (χ1v) is 6.81. The number of aromatic hydroxyl groups is 1. The van der Waals surface area contributed by atoms with Crippen molar-refractivity contribution < 1.29 is 9.50 Å². The second kappa shape index (κ2) is 6.17. The van der Waals surface area contributed by atoms with Gasteiger partial charge in [-0.25, -0.2) is 4.39 Å². The van der Waals surface area contributed by atoms with Crippen LogP contribution in [-0.4, -0.2) is 5.11 Å². The van der Waals surface area contributed by atoms with Gasteiger partial charge in [0, 0.05) is 23.1 Å². The molecule has 4 heteroatoms. The number of rotatable bonds is 4. The molecule has 0 spiro atoms. The molecule has 100 valence electrons. The third-order valence-electron chi connectivity index (χ3n) is 2.92. The summed E-state index contributed by atoms with van der Waals surface area (Å²) in [5.41, 5.74) is 1.88. The number of hydrogen-bond acceptors (Lipinski definition) is 2. The van der Waals surface area contributed by atoms with Crippen LogP contribution in [0.5, 0.6) is 5.75 Å². The van der Waals surface area contributed by atoms with Crippen molar-refractivity contribution in [3.8, 4) is 5.75 Å². The standard InChI is InChI=1S/C15H15BrFNO/c1-10(12-2-4-13(16)5-3-12)18-9-11-6-14(17)8-15(19)7-11/h2-8,10,18-19H,9H2,1H3/t10-/m0/s1. The maximum absolute atomic E-state index is 13.1. The molecule has 0 aliphatic heterocycles. The van der Waals surface area contributed by atoms with Crippen LogP contribution in [0.2, 0.25) is 0 Å². The summed E-state index contributed by atoms with van der Waals surface area (Å²) < 4.78 is 14.2. The Hall–Kier alpha value is -1.39. The first kappa shape index (κ1) is 14.0. The van der Waals surface area contributed by atoms with Crippen molar-refractivity contribution >= 4 is 15.9 Å². The van der Waals surface area contributed by atoms with Crippen LogP contribution in [0.15, 0.2) is 46.9 Å². The van der Waals surface area contributed by atoms with E-state index >= 15 is 0 Å². The van der Waals surface area contributed by atoms with Crippen molar-refractivity contribution in [1.29, 1.82) is 0 Å². The van der Waals surface area contributed by atoms with E-state index in [0.29, 0.717) is 6.54 Å². The van der Waals surface area contributed by atoms with E-state index in [4.69, 9.17) is 0 Å². The van der Waals surface area contributed by atoms with Crippen molar-refractivity contribution in [3.63, 3.8) is 0 Å². The number of hydrogen-bond donors (Lipinski definition) is 2. The van der Waals surface area contributed by atoms with E-state index in [1.54, 1.807) is 6.07 Å². The van der Waals surface area contributed by atoms with E-state index in [1.165, 1.54) is 6.07 Å². The summed E-state index contributed by atoms with van der Waals surface area (Å²) in [4.78, 5) is 0. The van der Waals surface area contributed by atoms with Crippen molar-refractivity contribution in [3.05, 3.63) is 63.9 Å². The van der Waals surface area contributed by atoms with E-state index in [2.05, 4.69) is 21.2 Å². The predicted octanol–water partition coefficient (Wildman–Crippen LogP) is 4.14. The zero-order chi connectivity index (χ0) is 13.8. The van der Waals surface area contributed by atoms with Gasteiger partial charge in [0.1, 0.15) is 11.6 Å². The summed E-state index contributed by atoms with van der Waals surface area (Å²) in [5.74, 6) is -0.471. The molecule has 2 nitrogen and oxygen atoms in total. The molecule has 0 radical (unpaired) electrons. The summed E-state index contributed by atoms with van der Waals surface area (Å²) >= 11 is 3.40. The quantitative estimate of drug-likeness (QED) is 0.886. The van der Waals surface area contributed by atoms with Gasteiger partial charge >= 0.3 is 0 Å². The average molecular weight is 324 g/mol. The molecular formula is C15H15BrFNO. The van der Waals surface area contributed by atoms with Crippen molar-refractivity contribution in [1.82, 2.24) is 5.32 Å². The maximum atomic E-state index is 13.1. The summed E-state index contributed by atoms with van der Waals surface area (Å²) in [6, 6.07) is 12.3. The fourth-order valence-corrected chi connectivity index (χ4v) is 2.14. The minimum absolute atomic E-state index is 0.0481. The molecule has 2 rings (SSSR count). The Morgan fingerprint density at radius 3 is 2.53 bits per heavy atom. The zero-order valence-corrected chi connectivity index (χ0v) is 12.1. The highest BCUT2D eigenvalue weighted by Crippen LogP contribution is 2.18. The van der Waals surface area contributed by atoms with Gasteiger partial charge < -0.3 is 10.4 Å². The topological polar surface area (TPSA) is 32.3 Å². The number of phenols is 1. The Labute approximate surface area is 120 Å². The second-order valence-electron chi connectivity index (χ2n) is 4.47. The highest BCUT2D eigenvalue weighted by molar-refractivity contribution is 9.10. The van der Waals surface area contributed by atoms with Gasteiger partial charge in [-0.05, 0) is 42.3 Å². The normalized spacial score (nSPS) is 12.4.